The SMILES string of the molecule is C1CCCC1.C1CCCC1.C1CCCC1.C1CCCC1.C=CC(=O)Cl.C=CC(=O)NCCCC(=O)C1CCCC1.NCCCC(=O)C1CCCC1.NCCN.O=C(O)C1CCCC1.O=C(ON1C(=O)CCC1=O)C1CCCC1.[CH3-].[CH3-].[CH3-].[CH3-].[CH3-].[CH3-].[CH3-].[CH3-].[Fe+2].[Fe+2].[Fe+2].[Fe+2]. The van der Waals surface area contributed by atoms with Gasteiger partial charge in [0.1, 0.15) is 11.6 Å². The van der Waals surface area contributed by atoms with Gasteiger partial charge in [-0.3, -0.25) is 33.6 Å². The number of imide groups is 1. The molecular formula is C70H134ClFe4N5O10. The molecule has 1 heterocycles. The third kappa shape index (κ3) is 69.1. The van der Waals surface area contributed by atoms with Crippen LogP contribution < -0.4 is 22.5 Å². The molecule has 8 saturated carbocycles. The number of ketones is 2. The number of aliphatic carboxylic acids is 1. The van der Waals surface area contributed by atoms with Crippen LogP contribution in [0.1, 0.15) is 270 Å². The van der Waals surface area contributed by atoms with Crippen LogP contribution in [-0.4, -0.2) is 82.8 Å². The minimum Gasteiger partial charge on any atom is -0.481 e. The van der Waals surface area contributed by atoms with E-state index >= 15 is 0 Å². The zero-order valence-corrected chi connectivity index (χ0v) is 63.2. The van der Waals surface area contributed by atoms with Crippen molar-refractivity contribution in [3.8, 4) is 0 Å². The van der Waals surface area contributed by atoms with Crippen LogP contribution in [0.25, 0.3) is 0 Å². The largest absolute Gasteiger partial charge is 2.00 e. The molecule has 538 valence electrons. The van der Waals surface area contributed by atoms with Gasteiger partial charge in [0, 0.05) is 57.2 Å². The van der Waals surface area contributed by atoms with Crippen molar-refractivity contribution in [1.82, 2.24) is 10.4 Å². The Bertz CT molecular complexity index is 1550. The Kier molecular flexibility index (Phi) is 112. The van der Waals surface area contributed by atoms with E-state index in [0.717, 1.165) is 96.0 Å². The van der Waals surface area contributed by atoms with Gasteiger partial charge in [0.05, 0.1) is 11.8 Å². The fourth-order valence-electron chi connectivity index (χ4n) is 10.4. The van der Waals surface area contributed by atoms with Crippen LogP contribution in [0, 0.1) is 83.1 Å². The fourth-order valence-corrected chi connectivity index (χ4v) is 10.4. The Balaban J connectivity index is -0.0000000677. The van der Waals surface area contributed by atoms with E-state index < -0.39 is 29.0 Å². The maximum absolute atomic E-state index is 11.6. The molecule has 8 aliphatic carbocycles. The van der Waals surface area contributed by atoms with Crippen LogP contribution in [0.15, 0.2) is 25.3 Å². The molecule has 0 bridgehead atoms. The van der Waals surface area contributed by atoms with Gasteiger partial charge in [-0.05, 0) is 94.5 Å². The summed E-state index contributed by atoms with van der Waals surface area (Å²) < 4.78 is 0. The normalized spacial score (nSPS) is 16.7. The summed E-state index contributed by atoms with van der Waals surface area (Å²) in [6.45, 7) is 8.86. The van der Waals surface area contributed by atoms with Crippen molar-refractivity contribution in [2.24, 2.45) is 40.9 Å². The maximum atomic E-state index is 11.6. The molecule has 9 aliphatic rings. The number of carbonyl (C=O) groups is 8. The predicted octanol–water partition coefficient (Wildman–Crippen LogP) is 16.6. The van der Waals surface area contributed by atoms with Crippen molar-refractivity contribution >= 4 is 58.1 Å². The summed E-state index contributed by atoms with van der Waals surface area (Å²) in [5.41, 5.74) is 15.1. The molecule has 3 amide bonds. The number of allylic oxidation sites excluding steroid dienone is 1. The zero-order valence-electron chi connectivity index (χ0n) is 58.0. The monoisotopic (exact) mass is 1460 g/mol. The minimum absolute atomic E-state index is 0. The molecule has 1 aliphatic heterocycles. The number of hydrogen-bond donors (Lipinski definition) is 5. The number of hydrogen-bond acceptors (Lipinski definition) is 12. The van der Waals surface area contributed by atoms with E-state index in [9.17, 15) is 38.4 Å². The Hall–Kier alpha value is -1.71. The Morgan fingerprint density at radius 3 is 0.922 bits per heavy atom. The summed E-state index contributed by atoms with van der Waals surface area (Å²) in [4.78, 5) is 92.1. The van der Waals surface area contributed by atoms with Crippen molar-refractivity contribution in [3.63, 3.8) is 0 Å². The first-order valence-electron chi connectivity index (χ1n) is 30.9. The minimum atomic E-state index is -0.609. The van der Waals surface area contributed by atoms with Gasteiger partial charge in [-0.1, -0.05) is 193 Å². The van der Waals surface area contributed by atoms with Crippen molar-refractivity contribution < 1.29 is 117 Å². The Labute approximate surface area is 602 Å². The molecule has 0 radical (unpaired) electrons. The average Bonchev–Trinajstić information content (AvgIpc) is 4.47. The molecule has 0 aromatic heterocycles. The maximum Gasteiger partial charge on any atom is 2.00 e. The molecule has 0 atom stereocenters. The van der Waals surface area contributed by atoms with Crippen LogP contribution in [0.4, 0.5) is 0 Å². The molecule has 1 saturated heterocycles. The van der Waals surface area contributed by atoms with Crippen molar-refractivity contribution in [3.05, 3.63) is 84.7 Å². The first kappa shape index (κ1) is 119. The van der Waals surface area contributed by atoms with E-state index in [1.54, 1.807) is 0 Å². The second kappa shape index (κ2) is 85.3. The molecule has 90 heavy (non-hydrogen) atoms. The molecule has 9 fully saturated rings. The van der Waals surface area contributed by atoms with Gasteiger partial charge in [-0.15, -0.1) is 5.06 Å². The quantitative estimate of drug-likeness (QED) is 0.0255. The van der Waals surface area contributed by atoms with Crippen LogP contribution in [0.5, 0.6) is 0 Å². The van der Waals surface area contributed by atoms with E-state index in [0.29, 0.717) is 67.5 Å². The number of nitrogens with one attached hydrogen (secondary N) is 1. The molecular weight excluding hydrogens is 1330 g/mol. The second-order valence-electron chi connectivity index (χ2n) is 21.8. The summed E-state index contributed by atoms with van der Waals surface area (Å²) >= 11 is 4.71. The fraction of sp³-hybridized carbons (Fsp3) is 0.714. The number of carboxylic acid groups (broad SMARTS) is 1. The van der Waals surface area contributed by atoms with Crippen LogP contribution in [0.2, 0.25) is 0 Å². The van der Waals surface area contributed by atoms with E-state index in [-0.39, 0.29) is 158 Å². The molecule has 20 heteroatoms. The molecule has 15 nitrogen and oxygen atoms in total. The molecule has 0 aromatic rings. The van der Waals surface area contributed by atoms with Gasteiger partial charge in [-0.25, -0.2) is 4.79 Å². The van der Waals surface area contributed by atoms with Crippen molar-refractivity contribution in [1.29, 1.82) is 0 Å². The summed E-state index contributed by atoms with van der Waals surface area (Å²) in [6, 6.07) is 0. The number of amides is 3. The number of nitrogens with zero attached hydrogens (tertiary/aromatic N) is 1. The zero-order chi connectivity index (χ0) is 57.9. The topological polar surface area (TPSA) is 259 Å². The standard InChI is InChI=1S/C12H19NO2.C10H13NO4.C9H17NO.C6H10O2.4C5H10.C3H3ClO.C2H8N2.8CH3.4Fe/c1-2-12(15)13-9-5-8-11(14)10-6-3-4-7-10;12-8-5-6-9(13)11(8)15-10(14)7-3-1-2-4-7;10-7-3-6-9(11)8-4-1-2-5-8;7-6(8)5-3-1-2-4-5;4*1-2-4-5-3-1;1-2-3(4)5;3-1-2-4;;;;;;;;;;;;/h2,10H,1,3-9H2,(H,13,15);7H,1-6H2;8H,1-7,10H2;5H,1-4H2,(H,7,8);4*1-5H2;2H,1H2;1-4H2;8*1H3;;;;/q;;;;;;;;;;8*-1;4*+2. The van der Waals surface area contributed by atoms with Gasteiger partial charge >= 0.3 is 80.2 Å². The summed E-state index contributed by atoms with van der Waals surface area (Å²) in [6.07, 6.45) is 52.4. The molecule has 0 aromatic carbocycles. The number of Topliss-reactive ketones (excluding diaryl/α,β-unsaturated/α-hetero) is 2. The van der Waals surface area contributed by atoms with Gasteiger partial charge in [0.2, 0.25) is 11.1 Å². The van der Waals surface area contributed by atoms with Gasteiger partial charge in [0.25, 0.3) is 11.8 Å². The van der Waals surface area contributed by atoms with Crippen molar-refractivity contribution in [2.75, 3.05) is 26.2 Å². The summed E-state index contributed by atoms with van der Waals surface area (Å²) in [7, 11) is 0. The first-order valence-corrected chi connectivity index (χ1v) is 31.3. The number of carbonyl (C=O) groups excluding carboxylic acids is 7. The van der Waals surface area contributed by atoms with E-state index in [4.69, 9.17) is 38.7 Å². The van der Waals surface area contributed by atoms with Crippen LogP contribution in [-0.2, 0) is 111 Å². The van der Waals surface area contributed by atoms with E-state index in [1.165, 1.54) is 160 Å². The Morgan fingerprint density at radius 2 is 0.700 bits per heavy atom. The van der Waals surface area contributed by atoms with Gasteiger partial charge in [-0.2, -0.15) is 0 Å². The number of rotatable bonds is 15. The number of nitrogens with two attached hydrogens (primary N) is 3. The van der Waals surface area contributed by atoms with Crippen molar-refractivity contribution in [2.45, 2.75) is 270 Å². The third-order valence-electron chi connectivity index (χ3n) is 15.2. The molecule has 8 N–H and O–H groups in total. The number of halogens is 1. The first-order chi connectivity index (χ1) is 37.7. The smallest absolute Gasteiger partial charge is 0.481 e. The molecule has 9 rings (SSSR count). The van der Waals surface area contributed by atoms with Gasteiger partial charge in [0.15, 0.2) is 0 Å². The molecule has 0 unspecified atom stereocenters. The van der Waals surface area contributed by atoms with E-state index in [2.05, 4.69) is 18.5 Å². The van der Waals surface area contributed by atoms with Crippen LogP contribution >= 0.6 is 11.6 Å². The Morgan fingerprint density at radius 1 is 0.444 bits per heavy atom. The van der Waals surface area contributed by atoms with E-state index in [1.807, 2.05) is 0 Å². The third-order valence-corrected chi connectivity index (χ3v) is 15.4. The molecule has 0 spiro atoms. The predicted molar refractivity (Wildman–Crippen MR) is 366 cm³/mol. The van der Waals surface area contributed by atoms with Crippen LogP contribution in [0.3, 0.4) is 0 Å². The van der Waals surface area contributed by atoms with Gasteiger partial charge < -0.3 is 91.9 Å². The average molecular weight is 1460 g/mol. The number of hydroxylamine groups is 2. The summed E-state index contributed by atoms with van der Waals surface area (Å²) in [5.74, 6) is -0.657. The number of carboxylic acids is 1. The second-order valence-corrected chi connectivity index (χ2v) is 22.2. The summed E-state index contributed by atoms with van der Waals surface area (Å²) in [5, 5.41) is 11.2.